The summed E-state index contributed by atoms with van der Waals surface area (Å²) in [6, 6.07) is 8.37. The summed E-state index contributed by atoms with van der Waals surface area (Å²) in [6.45, 7) is 5.80. The first-order valence-corrected chi connectivity index (χ1v) is 7.92. The molecule has 0 spiro atoms. The fraction of sp³-hybridized carbons (Fsp3) is 0.647. The first-order valence-electron chi connectivity index (χ1n) is 7.92. The van der Waals surface area contributed by atoms with Crippen molar-refractivity contribution in [3.8, 4) is 5.75 Å². The molecule has 0 radical (unpaired) electrons. The van der Waals surface area contributed by atoms with Crippen LogP contribution in [0.25, 0.3) is 0 Å². The molecule has 0 bridgehead atoms. The zero-order valence-corrected chi connectivity index (χ0v) is 12.6. The highest BCUT2D eigenvalue weighted by Gasteiger charge is 2.12. The molecule has 1 unspecified atom stereocenters. The molecular formula is C17H27NO2. The molecule has 1 aliphatic rings. The number of rotatable bonds is 8. The van der Waals surface area contributed by atoms with E-state index in [1.165, 1.54) is 24.8 Å². The molecule has 3 nitrogen and oxygen atoms in total. The Balaban J connectivity index is 1.61. The van der Waals surface area contributed by atoms with Crippen LogP contribution in [-0.4, -0.2) is 25.9 Å². The fourth-order valence-electron chi connectivity index (χ4n) is 2.45. The average molecular weight is 277 g/mol. The summed E-state index contributed by atoms with van der Waals surface area (Å²) in [6.07, 6.45) is 6.43. The van der Waals surface area contributed by atoms with E-state index in [0.29, 0.717) is 6.10 Å². The molecule has 1 saturated heterocycles. The van der Waals surface area contributed by atoms with Gasteiger partial charge >= 0.3 is 0 Å². The summed E-state index contributed by atoms with van der Waals surface area (Å²) in [5.74, 6) is 0.964. The van der Waals surface area contributed by atoms with Crippen LogP contribution >= 0.6 is 0 Å². The minimum atomic E-state index is 0.473. The molecule has 1 N–H and O–H groups in total. The van der Waals surface area contributed by atoms with Gasteiger partial charge in [0.2, 0.25) is 0 Å². The number of hydrogen-bond donors (Lipinski definition) is 1. The van der Waals surface area contributed by atoms with Crippen LogP contribution in [0.3, 0.4) is 0 Å². The summed E-state index contributed by atoms with van der Waals surface area (Å²) in [5.41, 5.74) is 1.30. The number of hydrogen-bond acceptors (Lipinski definition) is 3. The lowest BCUT2D eigenvalue weighted by molar-refractivity contribution is 0.0115. The van der Waals surface area contributed by atoms with E-state index in [1.54, 1.807) is 0 Å². The molecule has 0 aromatic heterocycles. The average Bonchev–Trinajstić information content (AvgIpc) is 2.52. The SMILES string of the molecule is CCCOc1ccc(CNCCC2CCCCO2)cc1. The van der Waals surface area contributed by atoms with Gasteiger partial charge in [-0.2, -0.15) is 0 Å². The highest BCUT2D eigenvalue weighted by Crippen LogP contribution is 2.15. The number of benzene rings is 1. The van der Waals surface area contributed by atoms with Crippen molar-refractivity contribution in [2.45, 2.75) is 51.7 Å². The minimum Gasteiger partial charge on any atom is -0.494 e. The van der Waals surface area contributed by atoms with E-state index in [4.69, 9.17) is 9.47 Å². The molecule has 1 aromatic rings. The van der Waals surface area contributed by atoms with Crippen LogP contribution < -0.4 is 10.1 Å². The summed E-state index contributed by atoms with van der Waals surface area (Å²) >= 11 is 0. The molecule has 112 valence electrons. The molecule has 1 atom stereocenters. The maximum atomic E-state index is 5.73. The smallest absolute Gasteiger partial charge is 0.119 e. The van der Waals surface area contributed by atoms with Crippen molar-refractivity contribution in [2.24, 2.45) is 0 Å². The minimum absolute atomic E-state index is 0.473. The van der Waals surface area contributed by atoms with Gasteiger partial charge < -0.3 is 14.8 Å². The lowest BCUT2D eigenvalue weighted by Crippen LogP contribution is -2.25. The standard InChI is InChI=1S/C17H27NO2/c1-2-12-19-17-8-6-15(7-9-17)14-18-11-10-16-5-3-4-13-20-16/h6-9,16,18H,2-5,10-14H2,1H3. The molecule has 20 heavy (non-hydrogen) atoms. The molecule has 1 aromatic carbocycles. The van der Waals surface area contributed by atoms with E-state index < -0.39 is 0 Å². The second-order valence-electron chi connectivity index (χ2n) is 5.45. The third kappa shape index (κ3) is 5.51. The van der Waals surface area contributed by atoms with Crippen molar-refractivity contribution in [3.63, 3.8) is 0 Å². The van der Waals surface area contributed by atoms with Crippen LogP contribution in [0.1, 0.15) is 44.6 Å². The quantitative estimate of drug-likeness (QED) is 0.737. The summed E-state index contributed by atoms with van der Waals surface area (Å²) < 4.78 is 11.3. The largest absolute Gasteiger partial charge is 0.494 e. The lowest BCUT2D eigenvalue weighted by atomic mass is 10.1. The third-order valence-electron chi connectivity index (χ3n) is 3.64. The highest BCUT2D eigenvalue weighted by molar-refractivity contribution is 5.27. The highest BCUT2D eigenvalue weighted by atomic mass is 16.5. The van der Waals surface area contributed by atoms with Gasteiger partial charge in [-0.3, -0.25) is 0 Å². The van der Waals surface area contributed by atoms with Gasteiger partial charge in [0.05, 0.1) is 12.7 Å². The van der Waals surface area contributed by atoms with Crippen molar-refractivity contribution in [3.05, 3.63) is 29.8 Å². The first kappa shape index (κ1) is 15.3. The Morgan fingerprint density at radius 2 is 2.10 bits per heavy atom. The Labute approximate surface area is 122 Å². The Kier molecular flexibility index (Phi) is 6.89. The van der Waals surface area contributed by atoms with Crippen LogP contribution in [0.15, 0.2) is 24.3 Å². The van der Waals surface area contributed by atoms with Gasteiger partial charge in [-0.1, -0.05) is 19.1 Å². The van der Waals surface area contributed by atoms with E-state index in [-0.39, 0.29) is 0 Å². The van der Waals surface area contributed by atoms with Crippen LogP contribution in [0.2, 0.25) is 0 Å². The summed E-state index contributed by atoms with van der Waals surface area (Å²) in [7, 11) is 0. The van der Waals surface area contributed by atoms with Crippen molar-refractivity contribution in [1.29, 1.82) is 0 Å². The predicted octanol–water partition coefficient (Wildman–Crippen LogP) is 3.52. The Morgan fingerprint density at radius 1 is 1.25 bits per heavy atom. The molecule has 0 saturated carbocycles. The molecule has 0 amide bonds. The predicted molar refractivity (Wildman–Crippen MR) is 82.1 cm³/mol. The van der Waals surface area contributed by atoms with Gasteiger partial charge in [-0.25, -0.2) is 0 Å². The first-order chi connectivity index (χ1) is 9.88. The zero-order chi connectivity index (χ0) is 14.0. The van der Waals surface area contributed by atoms with Crippen molar-refractivity contribution in [2.75, 3.05) is 19.8 Å². The second kappa shape index (κ2) is 8.98. The molecular weight excluding hydrogens is 250 g/mol. The van der Waals surface area contributed by atoms with Crippen molar-refractivity contribution in [1.82, 2.24) is 5.32 Å². The topological polar surface area (TPSA) is 30.5 Å². The van der Waals surface area contributed by atoms with E-state index in [9.17, 15) is 0 Å². The molecule has 1 fully saturated rings. The van der Waals surface area contributed by atoms with E-state index in [2.05, 4.69) is 36.5 Å². The molecule has 1 heterocycles. The van der Waals surface area contributed by atoms with Crippen LogP contribution in [-0.2, 0) is 11.3 Å². The zero-order valence-electron chi connectivity index (χ0n) is 12.6. The third-order valence-corrected chi connectivity index (χ3v) is 3.64. The van der Waals surface area contributed by atoms with Crippen molar-refractivity contribution >= 4 is 0 Å². The molecule has 1 aliphatic heterocycles. The van der Waals surface area contributed by atoms with Gasteiger partial charge in [0.15, 0.2) is 0 Å². The van der Waals surface area contributed by atoms with Crippen molar-refractivity contribution < 1.29 is 9.47 Å². The van der Waals surface area contributed by atoms with Crippen LogP contribution in [0.5, 0.6) is 5.75 Å². The van der Waals surface area contributed by atoms with Gasteiger partial charge in [0.1, 0.15) is 5.75 Å². The van der Waals surface area contributed by atoms with Gasteiger partial charge in [-0.15, -0.1) is 0 Å². The Bertz CT molecular complexity index is 358. The fourth-order valence-corrected chi connectivity index (χ4v) is 2.45. The monoisotopic (exact) mass is 277 g/mol. The maximum absolute atomic E-state index is 5.73. The van der Waals surface area contributed by atoms with E-state index in [1.807, 2.05) is 0 Å². The Hall–Kier alpha value is -1.06. The van der Waals surface area contributed by atoms with Crippen LogP contribution in [0.4, 0.5) is 0 Å². The van der Waals surface area contributed by atoms with Gasteiger partial charge in [0, 0.05) is 13.2 Å². The lowest BCUT2D eigenvalue weighted by Gasteiger charge is -2.22. The number of nitrogens with one attached hydrogen (secondary N) is 1. The number of ether oxygens (including phenoxy) is 2. The molecule has 0 aliphatic carbocycles. The van der Waals surface area contributed by atoms with E-state index >= 15 is 0 Å². The normalized spacial score (nSPS) is 18.9. The van der Waals surface area contributed by atoms with Crippen LogP contribution in [0, 0.1) is 0 Å². The Morgan fingerprint density at radius 3 is 2.80 bits per heavy atom. The van der Waals surface area contributed by atoms with E-state index in [0.717, 1.165) is 44.9 Å². The molecule has 2 rings (SSSR count). The van der Waals surface area contributed by atoms with Gasteiger partial charge in [0.25, 0.3) is 0 Å². The molecule has 3 heteroatoms. The summed E-state index contributed by atoms with van der Waals surface area (Å²) in [4.78, 5) is 0. The maximum Gasteiger partial charge on any atom is 0.119 e. The summed E-state index contributed by atoms with van der Waals surface area (Å²) in [5, 5.41) is 3.49. The second-order valence-corrected chi connectivity index (χ2v) is 5.45. The van der Waals surface area contributed by atoms with Gasteiger partial charge in [-0.05, 0) is 56.3 Å².